The molecule has 240 valence electrons. The highest BCUT2D eigenvalue weighted by Gasteiger charge is 2.39. The molecule has 0 fully saturated rings. The molecule has 4 atom stereocenters. The second kappa shape index (κ2) is 18.7. The van der Waals surface area contributed by atoms with Crippen LogP contribution in [0.15, 0.2) is 0 Å². The van der Waals surface area contributed by atoms with Gasteiger partial charge < -0.3 is 36.1 Å². The summed E-state index contributed by atoms with van der Waals surface area (Å²) in [6.45, 7) is 14.4. The Hall–Kier alpha value is -3.71. The number of rotatable bonds is 18. The van der Waals surface area contributed by atoms with Gasteiger partial charge in [-0.15, -0.1) is 0 Å². The molecule has 0 radical (unpaired) electrons. The van der Waals surface area contributed by atoms with Gasteiger partial charge in [0.05, 0.1) is 19.6 Å². The Balaban J connectivity index is 5.34. The van der Waals surface area contributed by atoms with E-state index in [-0.39, 0.29) is 44.4 Å². The third kappa shape index (κ3) is 13.8. The van der Waals surface area contributed by atoms with E-state index in [1.165, 1.54) is 20.8 Å². The minimum absolute atomic E-state index is 0.0862. The topological polar surface area (TPSA) is 198 Å². The molecule has 14 nitrogen and oxygen atoms in total. The van der Waals surface area contributed by atoms with Crippen LogP contribution in [0.5, 0.6) is 0 Å². The van der Waals surface area contributed by atoms with Crippen molar-refractivity contribution in [2.75, 3.05) is 19.8 Å². The van der Waals surface area contributed by atoms with Crippen LogP contribution in [0.2, 0.25) is 0 Å². The molecule has 0 aromatic rings. The molecule has 5 amide bonds. The van der Waals surface area contributed by atoms with Crippen molar-refractivity contribution in [3.63, 3.8) is 0 Å². The maximum atomic E-state index is 13.2. The summed E-state index contributed by atoms with van der Waals surface area (Å²) in [6.07, 6.45) is -0.0349. The summed E-state index contributed by atoms with van der Waals surface area (Å²) < 4.78 is 10.0. The van der Waals surface area contributed by atoms with E-state index in [1.807, 2.05) is 0 Å². The lowest BCUT2D eigenvalue weighted by molar-refractivity contribution is -0.150. The van der Waals surface area contributed by atoms with E-state index in [9.17, 15) is 33.6 Å². The molecule has 0 aliphatic heterocycles. The molecule has 14 heteroatoms. The fourth-order valence-electron chi connectivity index (χ4n) is 4.02. The van der Waals surface area contributed by atoms with Crippen molar-refractivity contribution in [1.29, 1.82) is 0 Å². The van der Waals surface area contributed by atoms with Gasteiger partial charge in [-0.2, -0.15) is 0 Å². The first-order valence-electron chi connectivity index (χ1n) is 14.3. The van der Waals surface area contributed by atoms with Crippen molar-refractivity contribution in [2.45, 2.75) is 105 Å². The monoisotopic (exact) mass is 599 g/mol. The van der Waals surface area contributed by atoms with Crippen LogP contribution in [0.4, 0.5) is 0 Å². The van der Waals surface area contributed by atoms with Gasteiger partial charge in [0.15, 0.2) is 0 Å². The standard InChI is InChI=1S/C28H49N5O9/c1-10-41-25(38)22(16(3)4)31-24(37)20(30-18(7)34)13-12-14-29-21(36)15-28(9,33-19(8)35)27(40)32-23(17(5)6)26(39)42-11-2/h16-17,20,22-23H,10-15H2,1-9H3,(H,29,36)(H,30,34)(H,31,37)(H,32,40)(H,33,35)/t20-,22+,23+,28-/m1/s1. The van der Waals surface area contributed by atoms with Crippen molar-refractivity contribution in [2.24, 2.45) is 11.8 Å². The predicted octanol–water partition coefficient (Wildman–Crippen LogP) is 0.0802. The van der Waals surface area contributed by atoms with Crippen LogP contribution in [-0.4, -0.2) is 84.9 Å². The second-order valence-corrected chi connectivity index (χ2v) is 10.9. The van der Waals surface area contributed by atoms with Crippen molar-refractivity contribution in [3.05, 3.63) is 0 Å². The van der Waals surface area contributed by atoms with Gasteiger partial charge in [-0.1, -0.05) is 27.7 Å². The SMILES string of the molecule is CCOC(=O)[C@@H](NC(=O)[C@@H](CCCNC(=O)C[C@@](C)(NC(C)=O)C(=O)N[C@H](C(=O)OCC)C(C)C)NC(C)=O)C(C)C. The van der Waals surface area contributed by atoms with Crippen molar-refractivity contribution in [1.82, 2.24) is 26.6 Å². The minimum atomic E-state index is -1.67. The smallest absolute Gasteiger partial charge is 0.328 e. The second-order valence-electron chi connectivity index (χ2n) is 10.9. The Labute approximate surface area is 248 Å². The van der Waals surface area contributed by atoms with Crippen LogP contribution >= 0.6 is 0 Å². The number of nitrogens with one attached hydrogen (secondary N) is 5. The lowest BCUT2D eigenvalue weighted by Crippen LogP contribution is -2.61. The molecule has 0 rings (SSSR count). The van der Waals surface area contributed by atoms with E-state index in [0.717, 1.165) is 0 Å². The van der Waals surface area contributed by atoms with Gasteiger partial charge in [0.25, 0.3) is 0 Å². The Morgan fingerprint density at radius 1 is 0.738 bits per heavy atom. The zero-order valence-corrected chi connectivity index (χ0v) is 26.3. The first-order chi connectivity index (χ1) is 19.5. The maximum Gasteiger partial charge on any atom is 0.328 e. The van der Waals surface area contributed by atoms with E-state index >= 15 is 0 Å². The van der Waals surface area contributed by atoms with Crippen molar-refractivity contribution < 1.29 is 43.0 Å². The van der Waals surface area contributed by atoms with Gasteiger partial charge in [-0.25, -0.2) is 9.59 Å². The summed E-state index contributed by atoms with van der Waals surface area (Å²) in [5.41, 5.74) is -1.67. The largest absolute Gasteiger partial charge is 0.464 e. The number of amides is 5. The molecule has 0 heterocycles. The fourth-order valence-corrected chi connectivity index (χ4v) is 4.02. The van der Waals surface area contributed by atoms with Crippen LogP contribution in [0, 0.1) is 11.8 Å². The van der Waals surface area contributed by atoms with E-state index in [4.69, 9.17) is 9.47 Å². The zero-order chi connectivity index (χ0) is 32.6. The summed E-state index contributed by atoms with van der Waals surface area (Å²) in [5, 5.41) is 12.9. The Morgan fingerprint density at radius 2 is 1.24 bits per heavy atom. The lowest BCUT2D eigenvalue weighted by Gasteiger charge is -2.31. The normalized spacial score (nSPS) is 14.5. The molecule has 42 heavy (non-hydrogen) atoms. The Bertz CT molecular complexity index is 969. The lowest BCUT2D eigenvalue weighted by atomic mass is 9.94. The summed E-state index contributed by atoms with van der Waals surface area (Å²) in [6, 6.07) is -2.85. The molecule has 0 unspecified atom stereocenters. The van der Waals surface area contributed by atoms with Crippen LogP contribution < -0.4 is 26.6 Å². The Kier molecular flexibility index (Phi) is 17.0. The van der Waals surface area contributed by atoms with Gasteiger partial charge in [0.2, 0.25) is 29.5 Å². The van der Waals surface area contributed by atoms with Crippen LogP contribution in [0.3, 0.4) is 0 Å². The molecule has 0 aromatic heterocycles. The molecular weight excluding hydrogens is 550 g/mol. The van der Waals surface area contributed by atoms with Crippen LogP contribution in [-0.2, 0) is 43.0 Å². The molecule has 0 saturated carbocycles. The first kappa shape index (κ1) is 38.3. The van der Waals surface area contributed by atoms with E-state index < -0.39 is 71.6 Å². The average Bonchev–Trinajstić information content (AvgIpc) is 2.86. The first-order valence-corrected chi connectivity index (χ1v) is 14.3. The molecule has 5 N–H and O–H groups in total. The zero-order valence-electron chi connectivity index (χ0n) is 26.3. The third-order valence-corrected chi connectivity index (χ3v) is 6.15. The molecule has 0 aliphatic carbocycles. The van der Waals surface area contributed by atoms with Gasteiger partial charge in [0, 0.05) is 20.4 Å². The van der Waals surface area contributed by atoms with Crippen LogP contribution in [0.1, 0.15) is 81.6 Å². The highest BCUT2D eigenvalue weighted by Crippen LogP contribution is 2.14. The number of esters is 2. The summed E-state index contributed by atoms with van der Waals surface area (Å²) in [4.78, 5) is 86.9. The van der Waals surface area contributed by atoms with E-state index in [1.54, 1.807) is 41.5 Å². The Morgan fingerprint density at radius 3 is 1.67 bits per heavy atom. The molecule has 0 spiro atoms. The predicted molar refractivity (Wildman–Crippen MR) is 153 cm³/mol. The molecule has 0 aliphatic rings. The molecule has 0 bridgehead atoms. The van der Waals surface area contributed by atoms with Gasteiger partial charge in [-0.05, 0) is 45.4 Å². The van der Waals surface area contributed by atoms with Gasteiger partial charge >= 0.3 is 11.9 Å². The number of carbonyl (C=O) groups excluding carboxylic acids is 7. The van der Waals surface area contributed by atoms with Crippen LogP contribution in [0.25, 0.3) is 0 Å². The quantitative estimate of drug-likeness (QED) is 0.107. The molecule has 0 saturated heterocycles. The highest BCUT2D eigenvalue weighted by atomic mass is 16.5. The third-order valence-electron chi connectivity index (χ3n) is 6.15. The number of hydrogen-bond acceptors (Lipinski definition) is 9. The average molecular weight is 600 g/mol. The van der Waals surface area contributed by atoms with Gasteiger partial charge in [0.1, 0.15) is 23.7 Å². The summed E-state index contributed by atoms with van der Waals surface area (Å²) in [5.74, 6) is -4.65. The minimum Gasteiger partial charge on any atom is -0.464 e. The van der Waals surface area contributed by atoms with E-state index in [0.29, 0.717) is 0 Å². The summed E-state index contributed by atoms with van der Waals surface area (Å²) >= 11 is 0. The van der Waals surface area contributed by atoms with E-state index in [2.05, 4.69) is 26.6 Å². The maximum absolute atomic E-state index is 13.2. The van der Waals surface area contributed by atoms with Crippen molar-refractivity contribution >= 4 is 41.5 Å². The molecular formula is C28H49N5O9. The summed E-state index contributed by atoms with van der Waals surface area (Å²) in [7, 11) is 0. The molecule has 0 aromatic carbocycles. The number of ether oxygens (including phenoxy) is 2. The highest BCUT2D eigenvalue weighted by molar-refractivity contribution is 5.97. The fraction of sp³-hybridized carbons (Fsp3) is 0.750. The number of hydrogen-bond donors (Lipinski definition) is 5. The van der Waals surface area contributed by atoms with Gasteiger partial charge in [-0.3, -0.25) is 24.0 Å². The van der Waals surface area contributed by atoms with Crippen molar-refractivity contribution in [3.8, 4) is 0 Å². The number of carbonyl (C=O) groups is 7.